The summed E-state index contributed by atoms with van der Waals surface area (Å²) in [6.07, 6.45) is 4.93. The third kappa shape index (κ3) is 3.34. The molecule has 24 heavy (non-hydrogen) atoms. The summed E-state index contributed by atoms with van der Waals surface area (Å²) in [7, 11) is 0. The minimum absolute atomic E-state index is 0.0882. The number of nitrogens with zero attached hydrogens (tertiary/aromatic N) is 2. The number of piperazine rings is 1. The fourth-order valence-corrected chi connectivity index (χ4v) is 4.40. The van der Waals surface area contributed by atoms with Gasteiger partial charge in [0.2, 0.25) is 0 Å². The van der Waals surface area contributed by atoms with E-state index in [1.165, 1.54) is 19.4 Å². The van der Waals surface area contributed by atoms with Gasteiger partial charge in [-0.15, -0.1) is 0 Å². The molecule has 3 fully saturated rings. The highest BCUT2D eigenvalue weighted by Gasteiger charge is 2.43. The molecule has 2 N–H and O–H groups in total. The predicted molar refractivity (Wildman–Crippen MR) is 93.0 cm³/mol. The van der Waals surface area contributed by atoms with Crippen molar-refractivity contribution in [3.05, 3.63) is 29.8 Å². The molecule has 3 unspecified atom stereocenters. The van der Waals surface area contributed by atoms with Gasteiger partial charge in [0.1, 0.15) is 0 Å². The molecule has 7 heteroatoms. The standard InChI is InChI=1S/C17H23N3O3S/c21-17(13-3-5-14(6-4-13)18-24(22)23)20-15-7-8-16(20)11-19(10-15)9-12-1-2-12/h3-6,12,15-16,18H,1-2,7-11H2,(H,22,23). The second kappa shape index (κ2) is 6.46. The van der Waals surface area contributed by atoms with Crippen molar-refractivity contribution in [2.75, 3.05) is 24.4 Å². The van der Waals surface area contributed by atoms with E-state index in [-0.39, 0.29) is 5.91 Å². The van der Waals surface area contributed by atoms with Gasteiger partial charge < -0.3 is 4.90 Å². The first kappa shape index (κ1) is 16.1. The lowest BCUT2D eigenvalue weighted by Gasteiger charge is -2.41. The topological polar surface area (TPSA) is 72.9 Å². The van der Waals surface area contributed by atoms with E-state index in [9.17, 15) is 9.00 Å². The molecule has 0 aromatic heterocycles. The summed E-state index contributed by atoms with van der Waals surface area (Å²) in [5, 5.41) is 0. The highest BCUT2D eigenvalue weighted by Crippen LogP contribution is 2.35. The quantitative estimate of drug-likeness (QED) is 0.797. The first-order chi connectivity index (χ1) is 11.6. The molecule has 1 aromatic carbocycles. The third-order valence-corrected chi connectivity index (χ3v) is 5.75. The van der Waals surface area contributed by atoms with Gasteiger partial charge >= 0.3 is 0 Å². The fourth-order valence-electron chi connectivity index (χ4n) is 4.07. The van der Waals surface area contributed by atoms with Crippen LogP contribution in [0.4, 0.5) is 5.69 Å². The average Bonchev–Trinajstić information content (AvgIpc) is 3.31. The Morgan fingerprint density at radius 2 is 1.75 bits per heavy atom. The predicted octanol–water partition coefficient (Wildman–Crippen LogP) is 1.93. The number of carbonyl (C=O) groups is 1. The zero-order valence-corrected chi connectivity index (χ0v) is 14.4. The van der Waals surface area contributed by atoms with Crippen LogP contribution in [-0.4, -0.2) is 56.2 Å². The van der Waals surface area contributed by atoms with Crippen molar-refractivity contribution in [1.82, 2.24) is 9.80 Å². The van der Waals surface area contributed by atoms with Gasteiger partial charge in [0.25, 0.3) is 17.2 Å². The van der Waals surface area contributed by atoms with Gasteiger partial charge in [0, 0.05) is 43.0 Å². The van der Waals surface area contributed by atoms with E-state index >= 15 is 0 Å². The van der Waals surface area contributed by atoms with E-state index in [0.29, 0.717) is 23.3 Å². The lowest BCUT2D eigenvalue weighted by Crippen LogP contribution is -2.56. The maximum atomic E-state index is 12.9. The third-order valence-electron chi connectivity index (χ3n) is 5.34. The van der Waals surface area contributed by atoms with Crippen molar-refractivity contribution in [2.24, 2.45) is 5.92 Å². The number of likely N-dealkylation sites (tertiary alicyclic amines) is 1. The molecular formula is C17H23N3O3S. The summed E-state index contributed by atoms with van der Waals surface area (Å²) >= 11 is -2.09. The molecule has 0 spiro atoms. The second-order valence-electron chi connectivity index (χ2n) is 7.19. The lowest BCUT2D eigenvalue weighted by atomic mass is 10.1. The number of carbonyl (C=O) groups excluding carboxylic acids is 1. The molecule has 2 bridgehead atoms. The van der Waals surface area contributed by atoms with Crippen LogP contribution in [0.2, 0.25) is 0 Å². The van der Waals surface area contributed by atoms with Crippen LogP contribution in [0, 0.1) is 5.92 Å². The SMILES string of the molecule is O=C(c1ccc(NS(=O)O)cc1)N1C2CCC1CN(CC1CC1)C2. The normalized spacial score (nSPS) is 28.0. The Bertz CT molecular complexity index is 633. The number of anilines is 1. The minimum atomic E-state index is -2.09. The summed E-state index contributed by atoms with van der Waals surface area (Å²) in [4.78, 5) is 17.5. The van der Waals surface area contributed by atoms with Gasteiger partial charge in [-0.2, -0.15) is 0 Å². The van der Waals surface area contributed by atoms with Gasteiger partial charge in [-0.25, -0.2) is 4.21 Å². The summed E-state index contributed by atoms with van der Waals surface area (Å²) in [5.41, 5.74) is 1.18. The molecule has 6 nitrogen and oxygen atoms in total. The van der Waals surface area contributed by atoms with Crippen LogP contribution >= 0.6 is 0 Å². The Morgan fingerprint density at radius 1 is 1.12 bits per heavy atom. The molecule has 4 rings (SSSR count). The Labute approximate surface area is 144 Å². The van der Waals surface area contributed by atoms with Crippen LogP contribution in [0.25, 0.3) is 0 Å². The minimum Gasteiger partial charge on any atom is -0.330 e. The maximum absolute atomic E-state index is 12.9. The number of nitrogens with one attached hydrogen (secondary N) is 1. The van der Waals surface area contributed by atoms with Crippen LogP contribution in [-0.2, 0) is 11.3 Å². The Morgan fingerprint density at radius 3 is 2.29 bits per heavy atom. The first-order valence-electron chi connectivity index (χ1n) is 8.63. The Balaban J connectivity index is 1.43. The highest BCUT2D eigenvalue weighted by molar-refractivity contribution is 7.80. The zero-order chi connectivity index (χ0) is 16.7. The molecule has 1 saturated carbocycles. The summed E-state index contributed by atoms with van der Waals surface area (Å²) < 4.78 is 22.0. The van der Waals surface area contributed by atoms with Crippen molar-refractivity contribution < 1.29 is 13.6 Å². The van der Waals surface area contributed by atoms with Gasteiger partial charge in [-0.05, 0) is 55.9 Å². The second-order valence-corrected chi connectivity index (χ2v) is 7.89. The van der Waals surface area contributed by atoms with Crippen LogP contribution < -0.4 is 4.72 Å². The molecule has 0 radical (unpaired) electrons. The number of benzene rings is 1. The van der Waals surface area contributed by atoms with E-state index in [1.807, 2.05) is 0 Å². The smallest absolute Gasteiger partial charge is 0.259 e. The number of hydrogen-bond donors (Lipinski definition) is 2. The van der Waals surface area contributed by atoms with Gasteiger partial charge in [-0.1, -0.05) is 0 Å². The van der Waals surface area contributed by atoms with Crippen molar-refractivity contribution in [3.8, 4) is 0 Å². The monoisotopic (exact) mass is 349 g/mol. The van der Waals surface area contributed by atoms with Crippen molar-refractivity contribution >= 4 is 22.9 Å². The first-order valence-corrected chi connectivity index (χ1v) is 9.73. The highest BCUT2D eigenvalue weighted by atomic mass is 32.2. The lowest BCUT2D eigenvalue weighted by molar-refractivity contribution is 0.0412. The molecule has 1 amide bonds. The number of amides is 1. The number of rotatable bonds is 5. The van der Waals surface area contributed by atoms with E-state index in [2.05, 4.69) is 14.5 Å². The van der Waals surface area contributed by atoms with Crippen LogP contribution in [0.15, 0.2) is 24.3 Å². The van der Waals surface area contributed by atoms with Gasteiger partial charge in [-0.3, -0.25) is 19.0 Å². The van der Waals surface area contributed by atoms with E-state index in [4.69, 9.17) is 4.55 Å². The summed E-state index contributed by atoms with van der Waals surface area (Å²) in [6, 6.07) is 7.47. The maximum Gasteiger partial charge on any atom is 0.259 e. The molecule has 130 valence electrons. The van der Waals surface area contributed by atoms with Crippen molar-refractivity contribution in [1.29, 1.82) is 0 Å². The van der Waals surface area contributed by atoms with Crippen molar-refractivity contribution in [2.45, 2.75) is 37.8 Å². The average molecular weight is 349 g/mol. The molecule has 2 heterocycles. The van der Waals surface area contributed by atoms with Gasteiger partial charge in [0.15, 0.2) is 0 Å². The molecule has 2 saturated heterocycles. The van der Waals surface area contributed by atoms with Gasteiger partial charge in [0.05, 0.1) is 0 Å². The molecule has 1 aliphatic carbocycles. The van der Waals surface area contributed by atoms with E-state index < -0.39 is 11.3 Å². The summed E-state index contributed by atoms with van der Waals surface area (Å²) in [5.74, 6) is 0.981. The summed E-state index contributed by atoms with van der Waals surface area (Å²) in [6.45, 7) is 3.21. The van der Waals surface area contributed by atoms with Crippen LogP contribution in [0.1, 0.15) is 36.0 Å². The molecule has 3 aliphatic rings. The van der Waals surface area contributed by atoms with E-state index in [0.717, 1.165) is 31.8 Å². The molecular weight excluding hydrogens is 326 g/mol. The van der Waals surface area contributed by atoms with Crippen LogP contribution in [0.3, 0.4) is 0 Å². The molecule has 3 atom stereocenters. The molecule has 1 aromatic rings. The number of fused-ring (bicyclic) bond motifs is 2. The Hall–Kier alpha value is -1.44. The zero-order valence-electron chi connectivity index (χ0n) is 13.6. The van der Waals surface area contributed by atoms with E-state index in [1.54, 1.807) is 24.3 Å². The number of hydrogen-bond acceptors (Lipinski definition) is 3. The van der Waals surface area contributed by atoms with Crippen LogP contribution in [0.5, 0.6) is 0 Å². The molecule has 2 aliphatic heterocycles. The largest absolute Gasteiger partial charge is 0.330 e. The Kier molecular flexibility index (Phi) is 4.32. The van der Waals surface area contributed by atoms with Crippen molar-refractivity contribution in [3.63, 3.8) is 0 Å². The fraction of sp³-hybridized carbons (Fsp3) is 0.588.